The second-order valence-corrected chi connectivity index (χ2v) is 6.18. The Morgan fingerprint density at radius 2 is 1.89 bits per heavy atom. The molecule has 19 heavy (non-hydrogen) atoms. The quantitative estimate of drug-likeness (QED) is 0.758. The Labute approximate surface area is 125 Å². The lowest BCUT2D eigenvalue weighted by atomic mass is 10.0. The lowest BCUT2D eigenvalue weighted by molar-refractivity contribution is -0.121. The average molecular weight is 326 g/mol. The minimum atomic E-state index is 0.144. The number of aryl methyl sites for hydroxylation is 2. The third kappa shape index (κ3) is 6.76. The normalized spacial score (nSPS) is 12.5. The summed E-state index contributed by atoms with van der Waals surface area (Å²) in [6, 6.07) is 8.61. The summed E-state index contributed by atoms with van der Waals surface area (Å²) in [6.07, 6.45) is 2.38. The largest absolute Gasteiger partial charge is 0.353 e. The van der Waals surface area contributed by atoms with Gasteiger partial charge in [-0.1, -0.05) is 59.6 Å². The van der Waals surface area contributed by atoms with E-state index in [0.29, 0.717) is 12.3 Å². The topological polar surface area (TPSA) is 29.1 Å². The predicted octanol–water partition coefficient (Wildman–Crippen LogP) is 3.85. The van der Waals surface area contributed by atoms with Crippen molar-refractivity contribution in [2.75, 3.05) is 5.33 Å². The lowest BCUT2D eigenvalue weighted by Gasteiger charge is -2.18. The summed E-state index contributed by atoms with van der Waals surface area (Å²) < 4.78 is 0. The van der Waals surface area contributed by atoms with Crippen LogP contribution in [-0.2, 0) is 11.2 Å². The molecular weight excluding hydrogens is 302 g/mol. The van der Waals surface area contributed by atoms with E-state index in [2.05, 4.69) is 66.3 Å². The Kier molecular flexibility index (Phi) is 7.14. The summed E-state index contributed by atoms with van der Waals surface area (Å²) in [5, 5.41) is 3.91. The van der Waals surface area contributed by atoms with Gasteiger partial charge >= 0.3 is 0 Å². The van der Waals surface area contributed by atoms with Gasteiger partial charge in [0.05, 0.1) is 0 Å². The van der Waals surface area contributed by atoms with E-state index in [1.165, 1.54) is 11.1 Å². The number of hydrogen-bond acceptors (Lipinski definition) is 1. The maximum Gasteiger partial charge on any atom is 0.220 e. The van der Waals surface area contributed by atoms with Gasteiger partial charge in [0, 0.05) is 17.8 Å². The summed E-state index contributed by atoms with van der Waals surface area (Å²) in [6.45, 7) is 6.42. The van der Waals surface area contributed by atoms with Crippen molar-refractivity contribution in [2.24, 2.45) is 5.92 Å². The molecule has 0 heterocycles. The Bertz CT molecular complexity index is 386. The first kappa shape index (κ1) is 16.2. The van der Waals surface area contributed by atoms with E-state index in [0.717, 1.165) is 18.2 Å². The molecule has 0 aliphatic heterocycles. The number of rotatable bonds is 7. The number of benzene rings is 1. The summed E-state index contributed by atoms with van der Waals surface area (Å²) >= 11 is 3.46. The molecule has 0 bridgehead atoms. The first-order valence-corrected chi connectivity index (χ1v) is 8.04. The van der Waals surface area contributed by atoms with Gasteiger partial charge in [-0.05, 0) is 31.2 Å². The Morgan fingerprint density at radius 3 is 2.42 bits per heavy atom. The molecule has 0 aliphatic carbocycles. The van der Waals surface area contributed by atoms with Crippen LogP contribution in [0.15, 0.2) is 24.3 Å². The van der Waals surface area contributed by atoms with Gasteiger partial charge in [-0.2, -0.15) is 0 Å². The SMILES string of the molecule is Cc1ccc(CCC(=O)NC(CBr)CC(C)C)cc1. The number of carbonyl (C=O) groups excluding carboxylic acids is 1. The lowest BCUT2D eigenvalue weighted by Crippen LogP contribution is -2.37. The molecule has 106 valence electrons. The Hall–Kier alpha value is -0.830. The smallest absolute Gasteiger partial charge is 0.220 e. The van der Waals surface area contributed by atoms with E-state index >= 15 is 0 Å². The van der Waals surface area contributed by atoms with Crippen molar-refractivity contribution >= 4 is 21.8 Å². The third-order valence-electron chi connectivity index (χ3n) is 3.07. The van der Waals surface area contributed by atoms with Gasteiger partial charge in [-0.15, -0.1) is 0 Å². The van der Waals surface area contributed by atoms with Gasteiger partial charge in [0.25, 0.3) is 0 Å². The van der Waals surface area contributed by atoms with Crippen LogP contribution in [0.25, 0.3) is 0 Å². The molecule has 0 radical (unpaired) electrons. The molecule has 0 aromatic heterocycles. The van der Waals surface area contributed by atoms with Crippen LogP contribution in [0.1, 0.15) is 37.8 Å². The van der Waals surface area contributed by atoms with Crippen molar-refractivity contribution in [1.82, 2.24) is 5.32 Å². The van der Waals surface area contributed by atoms with E-state index in [1.807, 2.05) is 0 Å². The Morgan fingerprint density at radius 1 is 1.26 bits per heavy atom. The summed E-state index contributed by atoms with van der Waals surface area (Å²) in [5.74, 6) is 0.741. The molecule has 0 fully saturated rings. The van der Waals surface area contributed by atoms with Gasteiger partial charge in [0.2, 0.25) is 5.91 Å². The second-order valence-electron chi connectivity index (χ2n) is 5.53. The van der Waals surface area contributed by atoms with Crippen LogP contribution in [0.3, 0.4) is 0 Å². The van der Waals surface area contributed by atoms with Crippen LogP contribution in [0.2, 0.25) is 0 Å². The van der Waals surface area contributed by atoms with Crippen molar-refractivity contribution in [1.29, 1.82) is 0 Å². The standard InChI is InChI=1S/C16H24BrNO/c1-12(2)10-15(11-17)18-16(19)9-8-14-6-4-13(3)5-7-14/h4-7,12,15H,8-11H2,1-3H3,(H,18,19). The van der Waals surface area contributed by atoms with E-state index in [-0.39, 0.29) is 11.9 Å². The Balaban J connectivity index is 2.36. The molecular formula is C16H24BrNO. The zero-order chi connectivity index (χ0) is 14.3. The molecule has 0 spiro atoms. The fraction of sp³-hybridized carbons (Fsp3) is 0.562. The number of nitrogens with one attached hydrogen (secondary N) is 1. The van der Waals surface area contributed by atoms with Gasteiger partial charge in [-0.25, -0.2) is 0 Å². The van der Waals surface area contributed by atoms with E-state index in [9.17, 15) is 4.79 Å². The number of amides is 1. The van der Waals surface area contributed by atoms with Gasteiger partial charge in [0.15, 0.2) is 0 Å². The highest BCUT2D eigenvalue weighted by atomic mass is 79.9. The summed E-state index contributed by atoms with van der Waals surface area (Å²) in [4.78, 5) is 11.9. The molecule has 1 N–H and O–H groups in total. The molecule has 1 atom stereocenters. The predicted molar refractivity (Wildman–Crippen MR) is 84.7 cm³/mol. The van der Waals surface area contributed by atoms with Crippen LogP contribution >= 0.6 is 15.9 Å². The first-order chi connectivity index (χ1) is 9.01. The van der Waals surface area contributed by atoms with Crippen LogP contribution in [0, 0.1) is 12.8 Å². The average Bonchev–Trinajstić information content (AvgIpc) is 2.36. The van der Waals surface area contributed by atoms with Gasteiger partial charge in [-0.3, -0.25) is 4.79 Å². The van der Waals surface area contributed by atoms with Crippen molar-refractivity contribution in [3.05, 3.63) is 35.4 Å². The van der Waals surface area contributed by atoms with E-state index in [1.54, 1.807) is 0 Å². The molecule has 0 saturated heterocycles. The molecule has 1 aromatic carbocycles. The molecule has 1 rings (SSSR count). The third-order valence-corrected chi connectivity index (χ3v) is 3.85. The first-order valence-electron chi connectivity index (χ1n) is 6.92. The maximum atomic E-state index is 11.9. The summed E-state index contributed by atoms with van der Waals surface area (Å²) in [7, 11) is 0. The minimum Gasteiger partial charge on any atom is -0.353 e. The second kappa shape index (κ2) is 8.36. The molecule has 1 unspecified atom stereocenters. The highest BCUT2D eigenvalue weighted by Crippen LogP contribution is 2.09. The van der Waals surface area contributed by atoms with Crippen molar-refractivity contribution in [3.8, 4) is 0 Å². The van der Waals surface area contributed by atoms with Crippen LogP contribution < -0.4 is 5.32 Å². The van der Waals surface area contributed by atoms with E-state index in [4.69, 9.17) is 0 Å². The molecule has 2 nitrogen and oxygen atoms in total. The number of hydrogen-bond donors (Lipinski definition) is 1. The van der Waals surface area contributed by atoms with Gasteiger partial charge < -0.3 is 5.32 Å². The fourth-order valence-corrected chi connectivity index (χ4v) is 2.47. The van der Waals surface area contributed by atoms with Crippen LogP contribution in [0.5, 0.6) is 0 Å². The highest BCUT2D eigenvalue weighted by molar-refractivity contribution is 9.09. The van der Waals surface area contributed by atoms with Crippen molar-refractivity contribution < 1.29 is 4.79 Å². The summed E-state index contributed by atoms with van der Waals surface area (Å²) in [5.41, 5.74) is 2.48. The van der Waals surface area contributed by atoms with E-state index < -0.39 is 0 Å². The molecule has 0 saturated carbocycles. The van der Waals surface area contributed by atoms with Gasteiger partial charge in [0.1, 0.15) is 0 Å². The maximum absolute atomic E-state index is 11.9. The number of carbonyl (C=O) groups is 1. The zero-order valence-electron chi connectivity index (χ0n) is 12.1. The molecule has 3 heteroatoms. The fourth-order valence-electron chi connectivity index (χ4n) is 2.04. The van der Waals surface area contributed by atoms with Crippen molar-refractivity contribution in [2.45, 2.75) is 46.1 Å². The van der Waals surface area contributed by atoms with Crippen molar-refractivity contribution in [3.63, 3.8) is 0 Å². The minimum absolute atomic E-state index is 0.144. The van der Waals surface area contributed by atoms with Crippen LogP contribution in [-0.4, -0.2) is 17.3 Å². The monoisotopic (exact) mass is 325 g/mol. The van der Waals surface area contributed by atoms with Crippen LogP contribution in [0.4, 0.5) is 0 Å². The molecule has 1 amide bonds. The zero-order valence-corrected chi connectivity index (χ0v) is 13.7. The number of halogens is 1. The molecule has 0 aliphatic rings. The number of alkyl halides is 1. The highest BCUT2D eigenvalue weighted by Gasteiger charge is 2.12. The molecule has 1 aromatic rings.